The fraction of sp³-hybridized carbons (Fsp3) is 0.278. The minimum atomic E-state index is -3.81. The molecule has 0 spiro atoms. The number of methoxy groups -OCH3 is 1. The van der Waals surface area contributed by atoms with Crippen molar-refractivity contribution < 1.29 is 23.1 Å². The Morgan fingerprint density at radius 2 is 1.88 bits per heavy atom. The zero-order valence-electron chi connectivity index (χ0n) is 14.6. The maximum atomic E-state index is 12.3. The minimum Gasteiger partial charge on any atom is -0.478 e. The molecule has 0 amide bonds. The number of benzene rings is 2. The number of carbonyl (C=O) groups is 1. The lowest BCUT2D eigenvalue weighted by molar-refractivity contribution is 0.0697. The number of ether oxygens (including phenoxy) is 1. The van der Waals surface area contributed by atoms with Gasteiger partial charge < -0.3 is 15.2 Å². The average Bonchev–Trinajstić information content (AvgIpc) is 2.62. The lowest BCUT2D eigenvalue weighted by Crippen LogP contribution is -2.27. The van der Waals surface area contributed by atoms with Gasteiger partial charge in [-0.3, -0.25) is 0 Å². The van der Waals surface area contributed by atoms with E-state index in [2.05, 4.69) is 10.0 Å². The van der Waals surface area contributed by atoms with Crippen LogP contribution in [0.25, 0.3) is 0 Å². The molecule has 0 aliphatic rings. The molecule has 1 atom stereocenters. The zero-order chi connectivity index (χ0) is 19.2. The molecule has 0 aliphatic carbocycles. The van der Waals surface area contributed by atoms with Gasteiger partial charge in [-0.2, -0.15) is 0 Å². The molecule has 2 rings (SSSR count). The van der Waals surface area contributed by atoms with Crippen LogP contribution in [-0.2, 0) is 14.8 Å². The number of nitrogens with one attached hydrogen (secondary N) is 2. The molecule has 140 valence electrons. The summed E-state index contributed by atoms with van der Waals surface area (Å²) in [5, 5.41) is 12.6. The smallest absolute Gasteiger partial charge is 0.337 e. The number of carboxylic acid groups (broad SMARTS) is 1. The number of rotatable bonds is 9. The summed E-state index contributed by atoms with van der Waals surface area (Å²) < 4.78 is 31.7. The highest BCUT2D eigenvalue weighted by Gasteiger charge is 2.19. The van der Waals surface area contributed by atoms with E-state index in [1.54, 1.807) is 0 Å². The van der Waals surface area contributed by atoms with Gasteiger partial charge in [0.15, 0.2) is 0 Å². The highest BCUT2D eigenvalue weighted by Crippen LogP contribution is 2.25. The second-order valence-corrected chi connectivity index (χ2v) is 7.45. The second kappa shape index (κ2) is 8.79. The molecular formula is C18H22N2O5S. The van der Waals surface area contributed by atoms with E-state index in [4.69, 9.17) is 4.74 Å². The minimum absolute atomic E-state index is 0.103. The number of hydrogen-bond donors (Lipinski definition) is 3. The highest BCUT2D eigenvalue weighted by molar-refractivity contribution is 7.89. The van der Waals surface area contributed by atoms with Crippen molar-refractivity contribution in [1.82, 2.24) is 4.72 Å². The van der Waals surface area contributed by atoms with Gasteiger partial charge >= 0.3 is 5.97 Å². The largest absolute Gasteiger partial charge is 0.478 e. The fourth-order valence-corrected chi connectivity index (χ4v) is 3.45. The summed E-state index contributed by atoms with van der Waals surface area (Å²) in [6.45, 7) is 2.23. The molecule has 3 N–H and O–H groups in total. The van der Waals surface area contributed by atoms with E-state index in [1.807, 2.05) is 37.3 Å². The molecule has 0 unspecified atom stereocenters. The van der Waals surface area contributed by atoms with Crippen LogP contribution in [0.2, 0.25) is 0 Å². The van der Waals surface area contributed by atoms with Crippen LogP contribution < -0.4 is 10.0 Å². The first-order chi connectivity index (χ1) is 12.3. The van der Waals surface area contributed by atoms with E-state index < -0.39 is 16.0 Å². The van der Waals surface area contributed by atoms with Crippen LogP contribution >= 0.6 is 0 Å². The van der Waals surface area contributed by atoms with Gasteiger partial charge in [0.05, 0.1) is 17.1 Å². The van der Waals surface area contributed by atoms with E-state index in [-0.39, 0.29) is 29.7 Å². The molecule has 0 bridgehead atoms. The Labute approximate surface area is 153 Å². The van der Waals surface area contributed by atoms with E-state index in [0.717, 1.165) is 11.6 Å². The second-order valence-electron chi connectivity index (χ2n) is 5.68. The summed E-state index contributed by atoms with van der Waals surface area (Å²) in [6, 6.07) is 13.4. The van der Waals surface area contributed by atoms with Gasteiger partial charge in [-0.15, -0.1) is 0 Å². The van der Waals surface area contributed by atoms with Gasteiger partial charge in [0.1, 0.15) is 0 Å². The van der Waals surface area contributed by atoms with E-state index in [9.17, 15) is 18.3 Å². The third-order valence-electron chi connectivity index (χ3n) is 3.80. The van der Waals surface area contributed by atoms with Gasteiger partial charge in [0, 0.05) is 25.4 Å². The van der Waals surface area contributed by atoms with Crippen LogP contribution in [0.1, 0.15) is 28.9 Å². The van der Waals surface area contributed by atoms with Gasteiger partial charge in [0.25, 0.3) is 0 Å². The number of carboxylic acids is 1. The number of sulfonamides is 1. The van der Waals surface area contributed by atoms with Gasteiger partial charge in [-0.05, 0) is 30.7 Å². The monoisotopic (exact) mass is 378 g/mol. The predicted molar refractivity (Wildman–Crippen MR) is 98.9 cm³/mol. The van der Waals surface area contributed by atoms with Crippen LogP contribution in [0.5, 0.6) is 0 Å². The maximum Gasteiger partial charge on any atom is 0.337 e. The molecule has 0 saturated heterocycles. The standard InChI is InChI=1S/C18H22N2O5S/c1-13(14-6-4-3-5-7-14)20-17-9-8-15(12-16(17)18(21)22)26(23,24)19-10-11-25-2/h3-9,12-13,19-20H,10-11H2,1-2H3,(H,21,22)/t13-/m0/s1. The lowest BCUT2D eigenvalue weighted by atomic mass is 10.1. The molecule has 0 fully saturated rings. The van der Waals surface area contributed by atoms with Crippen molar-refractivity contribution in [2.45, 2.75) is 17.9 Å². The van der Waals surface area contributed by atoms with Crippen LogP contribution in [0, 0.1) is 0 Å². The Bertz CT molecular complexity index is 853. The highest BCUT2D eigenvalue weighted by atomic mass is 32.2. The van der Waals surface area contributed by atoms with Crippen molar-refractivity contribution in [1.29, 1.82) is 0 Å². The van der Waals surface area contributed by atoms with Gasteiger partial charge in [0.2, 0.25) is 10.0 Å². The third-order valence-corrected chi connectivity index (χ3v) is 5.26. The number of hydrogen-bond acceptors (Lipinski definition) is 5. The van der Waals surface area contributed by atoms with Gasteiger partial charge in [-0.25, -0.2) is 17.9 Å². The Morgan fingerprint density at radius 3 is 2.50 bits per heavy atom. The summed E-state index contributed by atoms with van der Waals surface area (Å²) in [6.07, 6.45) is 0. The fourth-order valence-electron chi connectivity index (χ4n) is 2.41. The summed E-state index contributed by atoms with van der Waals surface area (Å²) >= 11 is 0. The molecule has 8 heteroatoms. The van der Waals surface area contributed by atoms with Crippen molar-refractivity contribution >= 4 is 21.7 Å². The van der Waals surface area contributed by atoms with Crippen molar-refractivity contribution in [3.8, 4) is 0 Å². The van der Waals surface area contributed by atoms with Crippen LogP contribution in [0.4, 0.5) is 5.69 Å². The van der Waals surface area contributed by atoms with Crippen molar-refractivity contribution in [3.63, 3.8) is 0 Å². The summed E-state index contributed by atoms with van der Waals surface area (Å²) in [5.41, 5.74) is 1.23. The van der Waals surface area contributed by atoms with Crippen LogP contribution in [0.15, 0.2) is 53.4 Å². The average molecular weight is 378 g/mol. The molecule has 2 aromatic rings. The van der Waals surface area contributed by atoms with Gasteiger partial charge in [-0.1, -0.05) is 30.3 Å². The van der Waals surface area contributed by atoms with E-state index in [1.165, 1.54) is 19.2 Å². The topological polar surface area (TPSA) is 105 Å². The Balaban J connectivity index is 2.27. The van der Waals surface area contributed by atoms with Crippen LogP contribution in [0.3, 0.4) is 0 Å². The molecule has 7 nitrogen and oxygen atoms in total. The van der Waals surface area contributed by atoms with E-state index in [0.29, 0.717) is 5.69 Å². The quantitative estimate of drug-likeness (QED) is 0.579. The van der Waals surface area contributed by atoms with E-state index >= 15 is 0 Å². The molecule has 2 aromatic carbocycles. The molecule has 0 aromatic heterocycles. The first-order valence-corrected chi connectivity index (χ1v) is 9.51. The summed E-state index contributed by atoms with van der Waals surface area (Å²) in [5.74, 6) is -1.21. The summed E-state index contributed by atoms with van der Waals surface area (Å²) in [4.78, 5) is 11.5. The van der Waals surface area contributed by atoms with Crippen molar-refractivity contribution in [3.05, 3.63) is 59.7 Å². The molecular weight excluding hydrogens is 356 g/mol. The SMILES string of the molecule is COCCNS(=O)(=O)c1ccc(N[C@@H](C)c2ccccc2)c(C(=O)O)c1. The summed E-state index contributed by atoms with van der Waals surface area (Å²) in [7, 11) is -2.34. The molecule has 0 aliphatic heterocycles. The third kappa shape index (κ3) is 5.04. The lowest BCUT2D eigenvalue weighted by Gasteiger charge is -2.18. The Morgan fingerprint density at radius 1 is 1.19 bits per heavy atom. The zero-order valence-corrected chi connectivity index (χ0v) is 15.4. The Kier molecular flexibility index (Phi) is 6.73. The molecule has 0 heterocycles. The normalized spacial score (nSPS) is 12.5. The molecule has 0 radical (unpaired) electrons. The van der Waals surface area contributed by atoms with Crippen molar-refractivity contribution in [2.75, 3.05) is 25.6 Å². The van der Waals surface area contributed by atoms with Crippen molar-refractivity contribution in [2.24, 2.45) is 0 Å². The first kappa shape index (κ1) is 19.9. The predicted octanol–water partition coefficient (Wildman–Crippen LogP) is 2.48. The molecule has 0 saturated carbocycles. The molecule has 26 heavy (non-hydrogen) atoms. The Hall–Kier alpha value is -2.42. The van der Waals surface area contributed by atoms with Crippen LogP contribution in [-0.4, -0.2) is 39.8 Å². The maximum absolute atomic E-state index is 12.3. The first-order valence-electron chi connectivity index (χ1n) is 8.02. The number of aromatic carboxylic acids is 1. The number of anilines is 1.